The lowest BCUT2D eigenvalue weighted by Crippen LogP contribution is -2.33. The van der Waals surface area contributed by atoms with Crippen molar-refractivity contribution in [3.63, 3.8) is 0 Å². The number of oxazole rings is 1. The van der Waals surface area contributed by atoms with Gasteiger partial charge in [-0.1, -0.05) is 0 Å². The molecule has 2 aromatic rings. The molecule has 0 aliphatic carbocycles. The smallest absolute Gasteiger partial charge is 0.407 e. The van der Waals surface area contributed by atoms with Crippen LogP contribution in [-0.2, 0) is 9.53 Å². The molecule has 2 N–H and O–H groups in total. The first-order chi connectivity index (χ1) is 11.2. The second kappa shape index (κ2) is 7.33. The van der Waals surface area contributed by atoms with Gasteiger partial charge in [-0.05, 0) is 45.4 Å². The van der Waals surface area contributed by atoms with E-state index < -0.39 is 11.7 Å². The molecule has 0 fully saturated rings. The zero-order valence-corrected chi connectivity index (χ0v) is 14.4. The summed E-state index contributed by atoms with van der Waals surface area (Å²) in [7, 11) is 0. The molecule has 0 atom stereocenters. The number of alkyl carbamates (subject to hydrolysis) is 1. The molecule has 0 saturated heterocycles. The van der Waals surface area contributed by atoms with Gasteiger partial charge in [0.25, 0.3) is 0 Å². The summed E-state index contributed by atoms with van der Waals surface area (Å²) in [5, 5.41) is 5.43. The molecule has 1 heterocycles. The minimum Gasteiger partial charge on any atom is -0.444 e. The lowest BCUT2D eigenvalue weighted by Gasteiger charge is -2.19. The fourth-order valence-corrected chi connectivity index (χ4v) is 2.10. The first-order valence-electron chi connectivity index (χ1n) is 7.87. The lowest BCUT2D eigenvalue weighted by molar-refractivity contribution is -0.116. The van der Waals surface area contributed by atoms with Crippen molar-refractivity contribution in [3.05, 3.63) is 24.1 Å². The highest BCUT2D eigenvalue weighted by Crippen LogP contribution is 2.19. The van der Waals surface area contributed by atoms with Crippen LogP contribution >= 0.6 is 0 Å². The van der Waals surface area contributed by atoms with Crippen LogP contribution < -0.4 is 10.6 Å². The van der Waals surface area contributed by atoms with E-state index in [4.69, 9.17) is 9.15 Å². The van der Waals surface area contributed by atoms with Crippen molar-refractivity contribution in [2.24, 2.45) is 0 Å². The van der Waals surface area contributed by atoms with Crippen LogP contribution in [0.1, 0.15) is 39.5 Å². The average Bonchev–Trinajstić information content (AvgIpc) is 2.81. The van der Waals surface area contributed by atoms with Gasteiger partial charge in [-0.25, -0.2) is 9.78 Å². The Bertz CT molecular complexity index is 731. The molecule has 7 heteroatoms. The summed E-state index contributed by atoms with van der Waals surface area (Å²) >= 11 is 0. The number of nitrogens with zero attached hydrogens (tertiary/aromatic N) is 1. The quantitative estimate of drug-likeness (QED) is 0.818. The van der Waals surface area contributed by atoms with Crippen molar-refractivity contribution < 1.29 is 18.7 Å². The SMILES string of the molecule is Cc1nc2cc(NC(=O)CCCNC(=O)OC(C)(C)C)ccc2o1. The van der Waals surface area contributed by atoms with Gasteiger partial charge in [0.05, 0.1) is 0 Å². The number of fused-ring (bicyclic) bond motifs is 1. The molecule has 1 aromatic heterocycles. The fraction of sp³-hybridized carbons (Fsp3) is 0.471. The number of nitrogens with one attached hydrogen (secondary N) is 2. The number of aryl methyl sites for hydroxylation is 1. The monoisotopic (exact) mass is 333 g/mol. The van der Waals surface area contributed by atoms with E-state index in [1.54, 1.807) is 45.9 Å². The Hall–Kier alpha value is -2.57. The highest BCUT2D eigenvalue weighted by molar-refractivity contribution is 5.92. The molecule has 0 radical (unpaired) electrons. The molecule has 0 spiro atoms. The molecule has 0 aliphatic heterocycles. The summed E-state index contributed by atoms with van der Waals surface area (Å²) in [6.07, 6.45) is 0.344. The van der Waals surface area contributed by atoms with E-state index in [-0.39, 0.29) is 5.91 Å². The Morgan fingerprint density at radius 2 is 2.04 bits per heavy atom. The van der Waals surface area contributed by atoms with Gasteiger partial charge >= 0.3 is 6.09 Å². The second-order valence-electron chi connectivity index (χ2n) is 6.50. The predicted molar refractivity (Wildman–Crippen MR) is 90.8 cm³/mol. The van der Waals surface area contributed by atoms with Gasteiger partial charge < -0.3 is 19.8 Å². The summed E-state index contributed by atoms with van der Waals surface area (Å²) in [6.45, 7) is 7.55. The van der Waals surface area contributed by atoms with Crippen molar-refractivity contribution in [1.29, 1.82) is 0 Å². The molecule has 0 saturated carbocycles. The van der Waals surface area contributed by atoms with Gasteiger partial charge in [-0.15, -0.1) is 0 Å². The van der Waals surface area contributed by atoms with E-state index in [9.17, 15) is 9.59 Å². The number of rotatable bonds is 5. The van der Waals surface area contributed by atoms with Crippen molar-refractivity contribution in [1.82, 2.24) is 10.3 Å². The maximum Gasteiger partial charge on any atom is 0.407 e. The highest BCUT2D eigenvalue weighted by Gasteiger charge is 2.15. The molecule has 1 aromatic carbocycles. The summed E-state index contributed by atoms with van der Waals surface area (Å²) in [5.41, 5.74) is 1.53. The highest BCUT2D eigenvalue weighted by atomic mass is 16.6. The summed E-state index contributed by atoms with van der Waals surface area (Å²) in [4.78, 5) is 27.6. The minimum absolute atomic E-state index is 0.124. The van der Waals surface area contributed by atoms with E-state index in [2.05, 4.69) is 15.6 Å². The molecule has 2 amide bonds. The molecule has 0 bridgehead atoms. The summed E-state index contributed by atoms with van der Waals surface area (Å²) in [5.74, 6) is 0.460. The number of ether oxygens (including phenoxy) is 1. The molecule has 0 unspecified atom stereocenters. The van der Waals surface area contributed by atoms with E-state index in [0.717, 1.165) is 0 Å². The Morgan fingerprint density at radius 3 is 2.75 bits per heavy atom. The molecular formula is C17H23N3O4. The first-order valence-corrected chi connectivity index (χ1v) is 7.87. The molecule has 24 heavy (non-hydrogen) atoms. The molecule has 2 rings (SSSR count). The van der Waals surface area contributed by atoms with Crippen LogP contribution in [0.5, 0.6) is 0 Å². The summed E-state index contributed by atoms with van der Waals surface area (Å²) in [6, 6.07) is 5.31. The zero-order valence-electron chi connectivity index (χ0n) is 14.4. The number of hydrogen-bond donors (Lipinski definition) is 2. The van der Waals surface area contributed by atoms with Gasteiger partial charge in [0.1, 0.15) is 11.1 Å². The molecule has 0 aliphatic rings. The van der Waals surface area contributed by atoms with Crippen molar-refractivity contribution in [2.45, 2.75) is 46.1 Å². The van der Waals surface area contributed by atoms with E-state index in [1.165, 1.54) is 0 Å². The van der Waals surface area contributed by atoms with E-state index in [1.807, 2.05) is 0 Å². The van der Waals surface area contributed by atoms with Crippen LogP contribution in [0.25, 0.3) is 11.1 Å². The van der Waals surface area contributed by atoms with Gasteiger partial charge in [-0.3, -0.25) is 4.79 Å². The van der Waals surface area contributed by atoms with Gasteiger partial charge in [-0.2, -0.15) is 0 Å². The fourth-order valence-electron chi connectivity index (χ4n) is 2.10. The number of aromatic nitrogens is 1. The number of benzene rings is 1. The third-order valence-electron chi connectivity index (χ3n) is 3.03. The second-order valence-corrected chi connectivity index (χ2v) is 6.50. The number of anilines is 1. The third kappa shape index (κ3) is 5.57. The lowest BCUT2D eigenvalue weighted by atomic mass is 10.2. The zero-order chi connectivity index (χ0) is 17.7. The van der Waals surface area contributed by atoms with E-state index >= 15 is 0 Å². The van der Waals surface area contributed by atoms with Crippen LogP contribution in [0.15, 0.2) is 22.6 Å². The van der Waals surface area contributed by atoms with Crippen molar-refractivity contribution in [3.8, 4) is 0 Å². The summed E-state index contributed by atoms with van der Waals surface area (Å²) < 4.78 is 10.5. The molecule has 130 valence electrons. The standard InChI is InChI=1S/C17H23N3O4/c1-11-19-13-10-12(7-8-14(13)23-11)20-15(21)6-5-9-18-16(22)24-17(2,3)4/h7-8,10H,5-6,9H2,1-4H3,(H,18,22)(H,20,21). The molecule has 7 nitrogen and oxygen atoms in total. The van der Waals surface area contributed by atoms with Crippen LogP contribution in [-0.4, -0.2) is 29.1 Å². The number of carbonyl (C=O) groups excluding carboxylic acids is 2. The maximum absolute atomic E-state index is 11.9. The normalized spacial score (nSPS) is 11.3. The maximum atomic E-state index is 11.9. The first kappa shape index (κ1) is 17.8. The molecular weight excluding hydrogens is 310 g/mol. The van der Waals surface area contributed by atoms with Crippen LogP contribution in [0.3, 0.4) is 0 Å². The van der Waals surface area contributed by atoms with Gasteiger partial charge in [0, 0.05) is 25.6 Å². The van der Waals surface area contributed by atoms with Crippen LogP contribution in [0.4, 0.5) is 10.5 Å². The Labute approximate surface area is 140 Å². The van der Waals surface area contributed by atoms with Crippen molar-refractivity contribution in [2.75, 3.05) is 11.9 Å². The van der Waals surface area contributed by atoms with Crippen LogP contribution in [0, 0.1) is 6.92 Å². The minimum atomic E-state index is -0.528. The van der Waals surface area contributed by atoms with Gasteiger partial charge in [0.2, 0.25) is 5.91 Å². The number of amides is 2. The van der Waals surface area contributed by atoms with Crippen molar-refractivity contribution >= 4 is 28.8 Å². The predicted octanol–water partition coefficient (Wildman–Crippen LogP) is 3.38. The third-order valence-corrected chi connectivity index (χ3v) is 3.03. The van der Waals surface area contributed by atoms with E-state index in [0.29, 0.717) is 42.1 Å². The van der Waals surface area contributed by atoms with Gasteiger partial charge in [0.15, 0.2) is 11.5 Å². The number of hydrogen-bond acceptors (Lipinski definition) is 5. The topological polar surface area (TPSA) is 93.5 Å². The van der Waals surface area contributed by atoms with Crippen LogP contribution in [0.2, 0.25) is 0 Å². The Balaban J connectivity index is 1.73. The number of carbonyl (C=O) groups is 2. The largest absolute Gasteiger partial charge is 0.444 e. The average molecular weight is 333 g/mol. The Kier molecular flexibility index (Phi) is 5.43. The Morgan fingerprint density at radius 1 is 1.29 bits per heavy atom.